The van der Waals surface area contributed by atoms with Crippen molar-refractivity contribution >= 4 is 10.0 Å². The van der Waals surface area contributed by atoms with Gasteiger partial charge in [0.2, 0.25) is 10.0 Å². The molecule has 0 bridgehead atoms. The van der Waals surface area contributed by atoms with Crippen LogP contribution in [0.15, 0.2) is 11.1 Å². The standard InChI is InChI=1S/C13H25N3O3S/c1-10(2)16-9-11(12(14-16)13(3,4)5)20(18,19)15(6)7-8-17/h9-10,17H,7-8H2,1-6H3. The van der Waals surface area contributed by atoms with Crippen molar-refractivity contribution in [2.45, 2.75) is 51.0 Å². The van der Waals surface area contributed by atoms with Gasteiger partial charge in [-0.3, -0.25) is 4.68 Å². The Morgan fingerprint density at radius 3 is 2.35 bits per heavy atom. The Morgan fingerprint density at radius 2 is 1.95 bits per heavy atom. The summed E-state index contributed by atoms with van der Waals surface area (Å²) in [6.45, 7) is 9.57. The zero-order chi connectivity index (χ0) is 15.7. The second-order valence-corrected chi connectivity index (χ2v) is 8.23. The molecule has 0 unspecified atom stereocenters. The second kappa shape index (κ2) is 5.83. The maximum atomic E-state index is 12.6. The fourth-order valence-corrected chi connectivity index (χ4v) is 3.27. The molecule has 1 aromatic rings. The number of nitrogens with zero attached hydrogens (tertiary/aromatic N) is 3. The lowest BCUT2D eigenvalue weighted by molar-refractivity contribution is 0.266. The van der Waals surface area contributed by atoms with Crippen LogP contribution in [-0.4, -0.2) is 47.8 Å². The summed E-state index contributed by atoms with van der Waals surface area (Å²) in [6, 6.07) is 0.0863. The lowest BCUT2D eigenvalue weighted by Crippen LogP contribution is -2.31. The smallest absolute Gasteiger partial charge is 0.246 e. The van der Waals surface area contributed by atoms with Crippen LogP contribution in [0.5, 0.6) is 0 Å². The van der Waals surface area contributed by atoms with E-state index in [1.807, 2.05) is 34.6 Å². The lowest BCUT2D eigenvalue weighted by Gasteiger charge is -2.20. The van der Waals surface area contributed by atoms with Crippen molar-refractivity contribution in [2.75, 3.05) is 20.2 Å². The summed E-state index contributed by atoms with van der Waals surface area (Å²) in [7, 11) is -2.17. The van der Waals surface area contributed by atoms with Gasteiger partial charge in [-0.05, 0) is 13.8 Å². The Morgan fingerprint density at radius 1 is 1.40 bits per heavy atom. The number of hydrogen-bond donors (Lipinski definition) is 1. The summed E-state index contributed by atoms with van der Waals surface area (Å²) in [5, 5.41) is 13.4. The molecular weight excluding hydrogens is 278 g/mol. The van der Waals surface area contributed by atoms with Gasteiger partial charge in [-0.25, -0.2) is 8.42 Å². The SMILES string of the molecule is CC(C)n1cc(S(=O)(=O)N(C)CCO)c(C(C)(C)C)n1. The third kappa shape index (κ3) is 3.39. The summed E-state index contributed by atoms with van der Waals surface area (Å²) in [5.41, 5.74) is 0.179. The Bertz CT molecular complexity index is 556. The first-order valence-electron chi connectivity index (χ1n) is 6.68. The van der Waals surface area contributed by atoms with Crippen LogP contribution in [0.1, 0.15) is 46.4 Å². The van der Waals surface area contributed by atoms with E-state index in [0.717, 1.165) is 4.31 Å². The van der Waals surface area contributed by atoms with E-state index in [1.165, 1.54) is 7.05 Å². The zero-order valence-corrected chi connectivity index (χ0v) is 13.9. The fourth-order valence-electron chi connectivity index (χ4n) is 1.78. The Kier molecular flexibility index (Phi) is 4.99. The topological polar surface area (TPSA) is 75.4 Å². The molecule has 1 N–H and O–H groups in total. The summed E-state index contributed by atoms with van der Waals surface area (Å²) >= 11 is 0. The minimum absolute atomic E-state index is 0.0682. The van der Waals surface area contributed by atoms with Gasteiger partial charge >= 0.3 is 0 Å². The first-order chi connectivity index (χ1) is 9.01. The van der Waals surface area contributed by atoms with Gasteiger partial charge in [0, 0.05) is 31.2 Å². The van der Waals surface area contributed by atoms with Crippen molar-refractivity contribution in [1.29, 1.82) is 0 Å². The monoisotopic (exact) mass is 303 g/mol. The zero-order valence-electron chi connectivity index (χ0n) is 13.1. The molecule has 1 aromatic heterocycles. The van der Waals surface area contributed by atoms with Crippen LogP contribution >= 0.6 is 0 Å². The molecule has 1 heterocycles. The van der Waals surface area contributed by atoms with Crippen LogP contribution in [0.3, 0.4) is 0 Å². The van der Waals surface area contributed by atoms with Gasteiger partial charge in [0.1, 0.15) is 4.90 Å². The normalized spacial score (nSPS) is 13.4. The first-order valence-corrected chi connectivity index (χ1v) is 8.12. The van der Waals surface area contributed by atoms with Gasteiger partial charge in [0.15, 0.2) is 0 Å². The number of hydrogen-bond acceptors (Lipinski definition) is 4. The molecule has 20 heavy (non-hydrogen) atoms. The fraction of sp³-hybridized carbons (Fsp3) is 0.769. The molecule has 1 rings (SSSR count). The average Bonchev–Trinajstić information content (AvgIpc) is 2.74. The number of sulfonamides is 1. The van der Waals surface area contributed by atoms with Crippen LogP contribution in [0.25, 0.3) is 0 Å². The van der Waals surface area contributed by atoms with Crippen molar-refractivity contribution < 1.29 is 13.5 Å². The van der Waals surface area contributed by atoms with Crippen LogP contribution in [0, 0.1) is 0 Å². The highest BCUT2D eigenvalue weighted by molar-refractivity contribution is 7.89. The van der Waals surface area contributed by atoms with E-state index in [0.29, 0.717) is 5.69 Å². The van der Waals surface area contributed by atoms with E-state index in [-0.39, 0.29) is 29.5 Å². The molecule has 0 saturated carbocycles. The predicted molar refractivity (Wildman–Crippen MR) is 78.2 cm³/mol. The van der Waals surface area contributed by atoms with E-state index < -0.39 is 10.0 Å². The van der Waals surface area contributed by atoms with Crippen LogP contribution in [-0.2, 0) is 15.4 Å². The summed E-state index contributed by atoms with van der Waals surface area (Å²) in [5.74, 6) is 0. The lowest BCUT2D eigenvalue weighted by atomic mass is 9.92. The quantitative estimate of drug-likeness (QED) is 0.891. The highest BCUT2D eigenvalue weighted by atomic mass is 32.2. The number of aromatic nitrogens is 2. The molecule has 0 aliphatic rings. The highest BCUT2D eigenvalue weighted by Gasteiger charge is 2.32. The number of aliphatic hydroxyl groups is 1. The Balaban J connectivity index is 3.43. The first kappa shape index (κ1) is 17.1. The number of aliphatic hydroxyl groups excluding tert-OH is 1. The Hall–Kier alpha value is -0.920. The molecule has 0 atom stereocenters. The van der Waals surface area contributed by atoms with Gasteiger partial charge in [0.25, 0.3) is 0 Å². The minimum Gasteiger partial charge on any atom is -0.395 e. The molecule has 0 aromatic carbocycles. The van der Waals surface area contributed by atoms with Crippen molar-refractivity contribution in [3.63, 3.8) is 0 Å². The molecule has 0 aliphatic carbocycles. The van der Waals surface area contributed by atoms with E-state index in [1.54, 1.807) is 10.9 Å². The van der Waals surface area contributed by atoms with Crippen LogP contribution in [0.4, 0.5) is 0 Å². The van der Waals surface area contributed by atoms with Crippen molar-refractivity contribution in [3.8, 4) is 0 Å². The maximum Gasteiger partial charge on any atom is 0.246 e. The molecule has 6 nitrogen and oxygen atoms in total. The molecular formula is C13H25N3O3S. The van der Waals surface area contributed by atoms with Crippen molar-refractivity contribution in [2.24, 2.45) is 0 Å². The summed E-state index contributed by atoms with van der Waals surface area (Å²) in [6.07, 6.45) is 1.58. The van der Waals surface area contributed by atoms with E-state index in [2.05, 4.69) is 5.10 Å². The molecule has 7 heteroatoms. The molecule has 0 spiro atoms. The summed E-state index contributed by atoms with van der Waals surface area (Å²) < 4.78 is 28.0. The average molecular weight is 303 g/mol. The maximum absolute atomic E-state index is 12.6. The second-order valence-electron chi connectivity index (χ2n) is 6.22. The molecule has 116 valence electrons. The third-order valence-electron chi connectivity index (χ3n) is 3.04. The highest BCUT2D eigenvalue weighted by Crippen LogP contribution is 2.30. The molecule has 0 fully saturated rings. The molecule has 0 aliphatic heterocycles. The van der Waals surface area contributed by atoms with Crippen LogP contribution < -0.4 is 0 Å². The van der Waals surface area contributed by atoms with Crippen molar-refractivity contribution in [3.05, 3.63) is 11.9 Å². The molecule has 0 saturated heterocycles. The summed E-state index contributed by atoms with van der Waals surface area (Å²) in [4.78, 5) is 0.217. The largest absolute Gasteiger partial charge is 0.395 e. The van der Waals surface area contributed by atoms with Gasteiger partial charge < -0.3 is 5.11 Å². The minimum atomic E-state index is -3.64. The predicted octanol–water partition coefficient (Wildman–Crippen LogP) is 1.37. The van der Waals surface area contributed by atoms with E-state index in [4.69, 9.17) is 5.11 Å². The van der Waals surface area contributed by atoms with Gasteiger partial charge in [0.05, 0.1) is 12.3 Å². The molecule has 0 amide bonds. The third-order valence-corrected chi connectivity index (χ3v) is 4.90. The van der Waals surface area contributed by atoms with Crippen LogP contribution in [0.2, 0.25) is 0 Å². The molecule has 0 radical (unpaired) electrons. The van der Waals surface area contributed by atoms with Gasteiger partial charge in [-0.1, -0.05) is 20.8 Å². The Labute approximate surface area is 121 Å². The number of rotatable bonds is 5. The van der Waals surface area contributed by atoms with Gasteiger partial charge in [-0.2, -0.15) is 9.40 Å². The van der Waals surface area contributed by atoms with Crippen molar-refractivity contribution in [1.82, 2.24) is 14.1 Å². The van der Waals surface area contributed by atoms with E-state index in [9.17, 15) is 8.42 Å². The van der Waals surface area contributed by atoms with Gasteiger partial charge in [-0.15, -0.1) is 0 Å². The number of likely N-dealkylation sites (N-methyl/N-ethyl adjacent to an activating group) is 1. The van der Waals surface area contributed by atoms with E-state index >= 15 is 0 Å².